The number of carbonyl (C=O) groups is 1. The van der Waals surface area contributed by atoms with E-state index in [-0.39, 0.29) is 24.4 Å². The van der Waals surface area contributed by atoms with Gasteiger partial charge in [0, 0.05) is 32.4 Å². The highest BCUT2D eigenvalue weighted by atomic mass is 35.5. The van der Waals surface area contributed by atoms with Crippen molar-refractivity contribution in [2.75, 3.05) is 26.3 Å². The first-order chi connectivity index (χ1) is 7.77. The molecule has 1 saturated heterocycles. The lowest BCUT2D eigenvalue weighted by Gasteiger charge is -2.23. The third-order valence-corrected chi connectivity index (χ3v) is 2.56. The number of halogens is 1. The van der Waals surface area contributed by atoms with Gasteiger partial charge in [-0.15, -0.1) is 12.4 Å². The van der Waals surface area contributed by atoms with E-state index in [0.29, 0.717) is 18.8 Å². The Bertz CT molecular complexity index is 363. The molecule has 0 radical (unpaired) electrons. The van der Waals surface area contributed by atoms with Crippen LogP contribution in [0.5, 0.6) is 0 Å². The van der Waals surface area contributed by atoms with Gasteiger partial charge in [-0.25, -0.2) is 0 Å². The van der Waals surface area contributed by atoms with Gasteiger partial charge in [-0.2, -0.15) is 5.10 Å². The van der Waals surface area contributed by atoms with Gasteiger partial charge in [0.15, 0.2) is 0 Å². The fraction of sp³-hybridized carbons (Fsp3) is 0.600. The maximum atomic E-state index is 11.7. The van der Waals surface area contributed by atoms with Crippen molar-refractivity contribution in [3.8, 4) is 0 Å². The van der Waals surface area contributed by atoms with Crippen molar-refractivity contribution in [1.29, 1.82) is 0 Å². The molecule has 7 heteroatoms. The lowest BCUT2D eigenvalue weighted by Crippen LogP contribution is -2.48. The number of nitrogens with one attached hydrogen (secondary N) is 2. The summed E-state index contributed by atoms with van der Waals surface area (Å²) in [5, 5.41) is 10.1. The summed E-state index contributed by atoms with van der Waals surface area (Å²) in [6.07, 6.45) is 1.61. The molecule has 1 fully saturated rings. The molecule has 96 valence electrons. The molecule has 17 heavy (non-hydrogen) atoms. The van der Waals surface area contributed by atoms with Gasteiger partial charge in [-0.05, 0) is 6.07 Å². The van der Waals surface area contributed by atoms with Crippen LogP contribution < -0.4 is 10.6 Å². The molecule has 2 heterocycles. The van der Waals surface area contributed by atoms with E-state index in [1.165, 1.54) is 0 Å². The fourth-order valence-electron chi connectivity index (χ4n) is 1.65. The second-order valence-electron chi connectivity index (χ2n) is 3.78. The first kappa shape index (κ1) is 14.0. The number of nitrogens with zero attached hydrogens (tertiary/aromatic N) is 2. The van der Waals surface area contributed by atoms with Gasteiger partial charge >= 0.3 is 0 Å². The summed E-state index contributed by atoms with van der Waals surface area (Å²) in [4.78, 5) is 11.7. The molecule has 1 atom stereocenters. The quantitative estimate of drug-likeness (QED) is 0.773. The minimum absolute atomic E-state index is 0. The van der Waals surface area contributed by atoms with Crippen molar-refractivity contribution >= 4 is 18.3 Å². The average Bonchev–Trinajstić information content (AvgIpc) is 2.74. The minimum atomic E-state index is -0.104. The number of rotatable bonds is 3. The minimum Gasteiger partial charge on any atom is -0.378 e. The summed E-state index contributed by atoms with van der Waals surface area (Å²) in [6.45, 7) is 2.80. The molecular weight excluding hydrogens is 244 g/mol. The highest BCUT2D eigenvalue weighted by Gasteiger charge is 2.15. The summed E-state index contributed by atoms with van der Waals surface area (Å²) in [6, 6.07) is 1.89. The summed E-state index contributed by atoms with van der Waals surface area (Å²) < 4.78 is 6.85. The molecule has 1 aliphatic rings. The zero-order valence-corrected chi connectivity index (χ0v) is 10.5. The van der Waals surface area contributed by atoms with E-state index in [1.54, 1.807) is 24.0 Å². The average molecular weight is 261 g/mol. The van der Waals surface area contributed by atoms with Crippen LogP contribution in [0, 0.1) is 0 Å². The van der Waals surface area contributed by atoms with Gasteiger partial charge in [-0.3, -0.25) is 9.48 Å². The lowest BCUT2D eigenvalue weighted by atomic mass is 10.2. The van der Waals surface area contributed by atoms with Crippen LogP contribution in [0.15, 0.2) is 12.3 Å². The Kier molecular flexibility index (Phi) is 5.40. The van der Waals surface area contributed by atoms with Gasteiger partial charge in [0.25, 0.3) is 5.91 Å². The molecule has 6 nitrogen and oxygen atoms in total. The Balaban J connectivity index is 0.00000144. The first-order valence-electron chi connectivity index (χ1n) is 5.34. The molecule has 1 unspecified atom stereocenters. The highest BCUT2D eigenvalue weighted by Crippen LogP contribution is 1.96. The van der Waals surface area contributed by atoms with E-state index >= 15 is 0 Å². The smallest absolute Gasteiger partial charge is 0.269 e. The maximum Gasteiger partial charge on any atom is 0.269 e. The van der Waals surface area contributed by atoms with E-state index in [2.05, 4.69) is 15.7 Å². The van der Waals surface area contributed by atoms with E-state index < -0.39 is 0 Å². The first-order valence-corrected chi connectivity index (χ1v) is 5.34. The highest BCUT2D eigenvalue weighted by molar-refractivity contribution is 5.92. The molecule has 1 aromatic rings. The SMILES string of the molecule is Cl.Cn1nccc1C(=O)NCC1COCCN1. The third-order valence-electron chi connectivity index (χ3n) is 2.56. The molecule has 2 N–H and O–H groups in total. The Labute approximate surface area is 106 Å². The molecule has 0 aliphatic carbocycles. The van der Waals surface area contributed by atoms with Gasteiger partial charge in [-0.1, -0.05) is 0 Å². The predicted octanol–water partition coefficient (Wildman–Crippen LogP) is -0.440. The largest absolute Gasteiger partial charge is 0.378 e. The second kappa shape index (κ2) is 6.58. The number of morpholine rings is 1. The molecule has 0 bridgehead atoms. The molecule has 0 aromatic carbocycles. The van der Waals surface area contributed by atoms with Crippen molar-refractivity contribution in [3.63, 3.8) is 0 Å². The lowest BCUT2D eigenvalue weighted by molar-refractivity contribution is 0.0732. The summed E-state index contributed by atoms with van der Waals surface area (Å²) in [7, 11) is 1.75. The third kappa shape index (κ3) is 3.69. The molecule has 1 amide bonds. The van der Waals surface area contributed by atoms with Crippen LogP contribution in [0.1, 0.15) is 10.5 Å². The van der Waals surface area contributed by atoms with Crippen molar-refractivity contribution in [2.45, 2.75) is 6.04 Å². The zero-order valence-electron chi connectivity index (χ0n) is 9.68. The Morgan fingerprint density at radius 2 is 2.59 bits per heavy atom. The summed E-state index contributed by atoms with van der Waals surface area (Å²) in [5.74, 6) is -0.104. The molecular formula is C10H17ClN4O2. The number of hydrogen-bond donors (Lipinski definition) is 2. The van der Waals surface area contributed by atoms with Crippen LogP contribution in [0.3, 0.4) is 0 Å². The normalized spacial score (nSPS) is 19.5. The predicted molar refractivity (Wildman–Crippen MR) is 65.4 cm³/mol. The van der Waals surface area contributed by atoms with E-state index in [9.17, 15) is 4.79 Å². The summed E-state index contributed by atoms with van der Waals surface area (Å²) in [5.41, 5.74) is 0.566. The Morgan fingerprint density at radius 3 is 3.18 bits per heavy atom. The second-order valence-corrected chi connectivity index (χ2v) is 3.78. The summed E-state index contributed by atoms with van der Waals surface area (Å²) >= 11 is 0. The maximum absolute atomic E-state index is 11.7. The zero-order chi connectivity index (χ0) is 11.4. The Morgan fingerprint density at radius 1 is 1.76 bits per heavy atom. The van der Waals surface area contributed by atoms with Crippen molar-refractivity contribution in [1.82, 2.24) is 20.4 Å². The molecule has 1 aromatic heterocycles. The van der Waals surface area contributed by atoms with Gasteiger partial charge in [0.05, 0.1) is 13.2 Å². The molecule has 2 rings (SSSR count). The number of carbonyl (C=O) groups excluding carboxylic acids is 1. The fourth-order valence-corrected chi connectivity index (χ4v) is 1.65. The van der Waals surface area contributed by atoms with E-state index in [0.717, 1.165) is 13.2 Å². The van der Waals surface area contributed by atoms with Crippen molar-refractivity contribution < 1.29 is 9.53 Å². The van der Waals surface area contributed by atoms with Gasteiger partial charge in [0.2, 0.25) is 0 Å². The van der Waals surface area contributed by atoms with Crippen LogP contribution >= 0.6 is 12.4 Å². The Hall–Kier alpha value is -1.11. The van der Waals surface area contributed by atoms with Crippen LogP contribution in [-0.4, -0.2) is 48.0 Å². The van der Waals surface area contributed by atoms with Crippen LogP contribution in [0.2, 0.25) is 0 Å². The van der Waals surface area contributed by atoms with Crippen LogP contribution in [-0.2, 0) is 11.8 Å². The van der Waals surface area contributed by atoms with Crippen LogP contribution in [0.4, 0.5) is 0 Å². The van der Waals surface area contributed by atoms with Gasteiger partial charge < -0.3 is 15.4 Å². The topological polar surface area (TPSA) is 68.2 Å². The molecule has 0 saturated carbocycles. The van der Waals surface area contributed by atoms with E-state index in [4.69, 9.17) is 4.74 Å². The van der Waals surface area contributed by atoms with E-state index in [1.807, 2.05) is 0 Å². The molecule has 0 spiro atoms. The van der Waals surface area contributed by atoms with Crippen molar-refractivity contribution in [2.24, 2.45) is 7.05 Å². The number of hydrogen-bond acceptors (Lipinski definition) is 4. The number of amides is 1. The van der Waals surface area contributed by atoms with Crippen molar-refractivity contribution in [3.05, 3.63) is 18.0 Å². The number of ether oxygens (including phenoxy) is 1. The monoisotopic (exact) mass is 260 g/mol. The number of aryl methyl sites for hydroxylation is 1. The molecule has 1 aliphatic heterocycles. The van der Waals surface area contributed by atoms with Gasteiger partial charge in [0.1, 0.15) is 5.69 Å². The number of aromatic nitrogens is 2. The van der Waals surface area contributed by atoms with Crippen LogP contribution in [0.25, 0.3) is 0 Å². The standard InChI is InChI=1S/C10H16N4O2.ClH/c1-14-9(2-3-13-14)10(15)12-6-8-7-16-5-4-11-8;/h2-3,8,11H,4-7H2,1H3,(H,12,15);1H.